The molecule has 0 saturated carbocycles. The molecule has 0 aliphatic heterocycles. The van der Waals surface area contributed by atoms with Gasteiger partial charge in [0.1, 0.15) is 0 Å². The van der Waals surface area contributed by atoms with Crippen molar-refractivity contribution >= 4 is 0 Å². The Morgan fingerprint density at radius 1 is 1.32 bits per heavy atom. The maximum absolute atomic E-state index is 5.45. The van der Waals surface area contributed by atoms with Gasteiger partial charge in [-0.2, -0.15) is 0 Å². The highest BCUT2D eigenvalue weighted by Gasteiger charge is 2.13. The summed E-state index contributed by atoms with van der Waals surface area (Å²) in [5.41, 5.74) is 0. The van der Waals surface area contributed by atoms with Crippen LogP contribution in [-0.2, 0) is 16.0 Å². The van der Waals surface area contributed by atoms with Gasteiger partial charge in [-0.15, -0.1) is 5.10 Å². The van der Waals surface area contributed by atoms with Crippen molar-refractivity contribution in [2.24, 2.45) is 0 Å². The maximum Gasteiger partial charge on any atom is 0.167 e. The van der Waals surface area contributed by atoms with Crippen LogP contribution in [0.5, 0.6) is 0 Å². The molecular weight excluding hydrogens is 246 g/mol. The fourth-order valence-corrected chi connectivity index (χ4v) is 1.71. The molecule has 7 heteroatoms. The fraction of sp³-hybridized carbons (Fsp3) is 0.917. The maximum atomic E-state index is 5.45. The van der Waals surface area contributed by atoms with E-state index >= 15 is 0 Å². The number of aryl methyl sites for hydroxylation is 1. The van der Waals surface area contributed by atoms with Crippen molar-refractivity contribution in [3.05, 3.63) is 5.82 Å². The van der Waals surface area contributed by atoms with E-state index in [-0.39, 0.29) is 6.04 Å². The number of hydrogen-bond donors (Lipinski definition) is 1. The molecule has 110 valence electrons. The predicted octanol–water partition coefficient (Wildman–Crippen LogP) is 0.787. The Kier molecular flexibility index (Phi) is 8.28. The number of tetrazole rings is 1. The first-order chi connectivity index (χ1) is 9.29. The predicted molar refractivity (Wildman–Crippen MR) is 71.8 cm³/mol. The minimum absolute atomic E-state index is 0.113. The molecule has 1 N–H and O–H groups in total. The lowest BCUT2D eigenvalue weighted by molar-refractivity contribution is 0.128. The van der Waals surface area contributed by atoms with Crippen molar-refractivity contribution in [2.45, 2.75) is 39.3 Å². The molecule has 0 saturated heterocycles. The second-order valence-corrected chi connectivity index (χ2v) is 4.39. The van der Waals surface area contributed by atoms with Gasteiger partial charge in [-0.25, -0.2) is 4.68 Å². The van der Waals surface area contributed by atoms with Crippen LogP contribution in [-0.4, -0.2) is 53.7 Å². The Morgan fingerprint density at radius 3 is 2.89 bits per heavy atom. The summed E-state index contributed by atoms with van der Waals surface area (Å²) in [6.07, 6.45) is 1.97. The highest BCUT2D eigenvalue weighted by atomic mass is 16.5. The van der Waals surface area contributed by atoms with Gasteiger partial charge in [0, 0.05) is 33.4 Å². The van der Waals surface area contributed by atoms with E-state index in [2.05, 4.69) is 27.8 Å². The van der Waals surface area contributed by atoms with Gasteiger partial charge in [0.05, 0.1) is 12.6 Å². The van der Waals surface area contributed by atoms with Crippen LogP contribution in [0.15, 0.2) is 0 Å². The van der Waals surface area contributed by atoms with E-state index < -0.39 is 0 Å². The van der Waals surface area contributed by atoms with Crippen LogP contribution < -0.4 is 5.32 Å². The molecule has 1 rings (SSSR count). The Bertz CT molecular complexity index is 332. The molecule has 0 spiro atoms. The molecular formula is C12H25N5O2. The summed E-state index contributed by atoms with van der Waals surface area (Å²) in [5.74, 6) is 0.853. The molecule has 0 amide bonds. The summed E-state index contributed by atoms with van der Waals surface area (Å²) < 4.78 is 12.3. The van der Waals surface area contributed by atoms with Crippen molar-refractivity contribution in [2.75, 3.05) is 33.5 Å². The van der Waals surface area contributed by atoms with Crippen molar-refractivity contribution in [1.29, 1.82) is 0 Å². The van der Waals surface area contributed by atoms with Crippen LogP contribution >= 0.6 is 0 Å². The molecule has 1 unspecified atom stereocenters. The standard InChI is InChI=1S/C12H25N5O2/c1-4-8-19-9-5-7-17-12(14-15-16-17)11(2)13-6-10-18-3/h11,13H,4-10H2,1-3H3. The van der Waals surface area contributed by atoms with E-state index in [1.807, 2.05) is 11.6 Å². The van der Waals surface area contributed by atoms with Gasteiger partial charge in [-0.1, -0.05) is 6.92 Å². The number of rotatable bonds is 11. The number of nitrogens with zero attached hydrogens (tertiary/aromatic N) is 4. The largest absolute Gasteiger partial charge is 0.383 e. The van der Waals surface area contributed by atoms with Crippen molar-refractivity contribution < 1.29 is 9.47 Å². The van der Waals surface area contributed by atoms with Crippen LogP contribution in [0.4, 0.5) is 0 Å². The SMILES string of the molecule is CCCOCCCn1nnnc1C(C)NCCOC. The van der Waals surface area contributed by atoms with Crippen LogP contribution in [0.25, 0.3) is 0 Å². The van der Waals surface area contributed by atoms with Gasteiger partial charge < -0.3 is 14.8 Å². The lowest BCUT2D eigenvalue weighted by Gasteiger charge is -2.13. The highest BCUT2D eigenvalue weighted by Crippen LogP contribution is 2.07. The Labute approximate surface area is 114 Å². The van der Waals surface area contributed by atoms with Crippen molar-refractivity contribution in [1.82, 2.24) is 25.5 Å². The third-order valence-electron chi connectivity index (χ3n) is 2.71. The first-order valence-corrected chi connectivity index (χ1v) is 6.85. The van der Waals surface area contributed by atoms with Crippen LogP contribution in [0.3, 0.4) is 0 Å². The lowest BCUT2D eigenvalue weighted by atomic mass is 10.3. The second kappa shape index (κ2) is 9.82. The summed E-state index contributed by atoms with van der Waals surface area (Å²) in [6.45, 7) is 7.96. The molecule has 0 bridgehead atoms. The summed E-state index contributed by atoms with van der Waals surface area (Å²) in [4.78, 5) is 0. The monoisotopic (exact) mass is 271 g/mol. The summed E-state index contributed by atoms with van der Waals surface area (Å²) in [6, 6.07) is 0.113. The zero-order chi connectivity index (χ0) is 13.9. The average Bonchev–Trinajstić information content (AvgIpc) is 2.87. The zero-order valence-electron chi connectivity index (χ0n) is 12.1. The molecule has 1 heterocycles. The van der Waals surface area contributed by atoms with Crippen LogP contribution in [0, 0.1) is 0 Å². The molecule has 0 radical (unpaired) electrons. The number of nitrogens with one attached hydrogen (secondary N) is 1. The number of hydrogen-bond acceptors (Lipinski definition) is 6. The number of ether oxygens (including phenoxy) is 2. The van der Waals surface area contributed by atoms with Crippen LogP contribution in [0.2, 0.25) is 0 Å². The quantitative estimate of drug-likeness (QED) is 0.600. The number of methoxy groups -OCH3 is 1. The van der Waals surface area contributed by atoms with Crippen molar-refractivity contribution in [3.8, 4) is 0 Å². The molecule has 0 fully saturated rings. The highest BCUT2D eigenvalue weighted by molar-refractivity contribution is 4.89. The summed E-state index contributed by atoms with van der Waals surface area (Å²) in [5, 5.41) is 15.1. The number of aromatic nitrogens is 4. The van der Waals surface area contributed by atoms with E-state index in [4.69, 9.17) is 9.47 Å². The van der Waals surface area contributed by atoms with Gasteiger partial charge >= 0.3 is 0 Å². The van der Waals surface area contributed by atoms with E-state index in [0.717, 1.165) is 45.0 Å². The van der Waals surface area contributed by atoms with Crippen LogP contribution in [0.1, 0.15) is 38.6 Å². The minimum Gasteiger partial charge on any atom is -0.383 e. The zero-order valence-corrected chi connectivity index (χ0v) is 12.1. The molecule has 1 aromatic rings. The van der Waals surface area contributed by atoms with Gasteiger partial charge in [-0.3, -0.25) is 0 Å². The molecule has 1 atom stereocenters. The average molecular weight is 271 g/mol. The first-order valence-electron chi connectivity index (χ1n) is 6.85. The third kappa shape index (κ3) is 6.09. The Balaban J connectivity index is 2.32. The van der Waals surface area contributed by atoms with Gasteiger partial charge in [0.2, 0.25) is 0 Å². The minimum atomic E-state index is 0.113. The normalized spacial score (nSPS) is 12.8. The topological polar surface area (TPSA) is 74.1 Å². The second-order valence-electron chi connectivity index (χ2n) is 4.39. The van der Waals surface area contributed by atoms with E-state index in [1.165, 1.54) is 0 Å². The van der Waals surface area contributed by atoms with Gasteiger partial charge in [0.25, 0.3) is 0 Å². The van der Waals surface area contributed by atoms with Gasteiger partial charge in [0.15, 0.2) is 5.82 Å². The van der Waals surface area contributed by atoms with E-state index in [0.29, 0.717) is 6.61 Å². The molecule has 1 aromatic heterocycles. The Morgan fingerprint density at radius 2 is 2.16 bits per heavy atom. The molecule has 7 nitrogen and oxygen atoms in total. The van der Waals surface area contributed by atoms with Gasteiger partial charge in [-0.05, 0) is 30.2 Å². The van der Waals surface area contributed by atoms with E-state index in [9.17, 15) is 0 Å². The smallest absolute Gasteiger partial charge is 0.167 e. The first kappa shape index (κ1) is 16.0. The third-order valence-corrected chi connectivity index (χ3v) is 2.71. The van der Waals surface area contributed by atoms with E-state index in [1.54, 1.807) is 7.11 Å². The molecule has 19 heavy (non-hydrogen) atoms. The fourth-order valence-electron chi connectivity index (χ4n) is 1.71. The van der Waals surface area contributed by atoms with Crippen molar-refractivity contribution in [3.63, 3.8) is 0 Å². The lowest BCUT2D eigenvalue weighted by Crippen LogP contribution is -2.26. The molecule has 0 aliphatic rings. The molecule has 0 aromatic carbocycles. The molecule has 0 aliphatic carbocycles. The Hall–Kier alpha value is -1.05. The summed E-state index contributed by atoms with van der Waals surface area (Å²) >= 11 is 0. The summed E-state index contributed by atoms with van der Waals surface area (Å²) in [7, 11) is 1.69.